The van der Waals surface area contributed by atoms with E-state index in [4.69, 9.17) is 9.84 Å². The van der Waals surface area contributed by atoms with Crippen LogP contribution in [0.5, 0.6) is 0 Å². The van der Waals surface area contributed by atoms with Gasteiger partial charge in [-0.15, -0.1) is 0 Å². The van der Waals surface area contributed by atoms with E-state index in [1.165, 1.54) is 5.56 Å². The van der Waals surface area contributed by atoms with Crippen molar-refractivity contribution in [2.24, 2.45) is 0 Å². The lowest BCUT2D eigenvalue weighted by atomic mass is 10.2. The monoisotopic (exact) mass is 345 g/mol. The van der Waals surface area contributed by atoms with E-state index in [1.807, 2.05) is 30.6 Å². The molecule has 1 aliphatic heterocycles. The van der Waals surface area contributed by atoms with Crippen LogP contribution in [0.2, 0.25) is 0 Å². The molecule has 0 bridgehead atoms. The molecule has 3 rings (SSSR count). The average molecular weight is 345 g/mol. The van der Waals surface area contributed by atoms with Gasteiger partial charge in [0.25, 0.3) is 0 Å². The van der Waals surface area contributed by atoms with Gasteiger partial charge in [0.1, 0.15) is 0 Å². The number of aromatic nitrogens is 2. The highest BCUT2D eigenvalue weighted by molar-refractivity contribution is 7.98. The minimum atomic E-state index is 0.130. The Morgan fingerprint density at radius 3 is 2.71 bits per heavy atom. The lowest BCUT2D eigenvalue weighted by Gasteiger charge is -2.32. The molecule has 0 spiro atoms. The number of benzene rings is 1. The molecule has 0 radical (unpaired) electrons. The molecule has 1 N–H and O–H groups in total. The standard InChI is InChI=1S/C18H23N3O2S/c22-8-6-17-13-21(7-9-23-17)12-16-10-19-18(20-11-16)24-14-15-4-2-1-3-5-15/h1-5,10-11,17,22H,6-9,12-14H2/t17-/m0/s1. The highest BCUT2D eigenvalue weighted by atomic mass is 32.2. The van der Waals surface area contributed by atoms with Gasteiger partial charge < -0.3 is 9.84 Å². The van der Waals surface area contributed by atoms with Crippen LogP contribution in [0.1, 0.15) is 17.5 Å². The molecule has 1 aliphatic rings. The number of hydrogen-bond acceptors (Lipinski definition) is 6. The van der Waals surface area contributed by atoms with E-state index >= 15 is 0 Å². The topological polar surface area (TPSA) is 58.5 Å². The van der Waals surface area contributed by atoms with Crippen LogP contribution in [-0.2, 0) is 17.0 Å². The lowest BCUT2D eigenvalue weighted by Crippen LogP contribution is -2.42. The predicted molar refractivity (Wildman–Crippen MR) is 94.8 cm³/mol. The highest BCUT2D eigenvalue weighted by Gasteiger charge is 2.20. The van der Waals surface area contributed by atoms with Crippen molar-refractivity contribution in [1.29, 1.82) is 0 Å². The van der Waals surface area contributed by atoms with E-state index in [0.717, 1.165) is 42.7 Å². The van der Waals surface area contributed by atoms with E-state index in [1.54, 1.807) is 11.8 Å². The van der Waals surface area contributed by atoms with E-state index in [-0.39, 0.29) is 12.7 Å². The summed E-state index contributed by atoms with van der Waals surface area (Å²) in [6.45, 7) is 3.48. The summed E-state index contributed by atoms with van der Waals surface area (Å²) in [4.78, 5) is 11.3. The number of aliphatic hydroxyl groups is 1. The first-order valence-corrected chi connectivity index (χ1v) is 9.24. The molecule has 2 heterocycles. The maximum Gasteiger partial charge on any atom is 0.187 e. The fourth-order valence-electron chi connectivity index (χ4n) is 2.72. The molecule has 5 nitrogen and oxygen atoms in total. The van der Waals surface area contributed by atoms with E-state index in [9.17, 15) is 0 Å². The second-order valence-corrected chi connectivity index (χ2v) is 6.83. The zero-order valence-corrected chi connectivity index (χ0v) is 14.5. The third-order valence-corrected chi connectivity index (χ3v) is 4.92. The predicted octanol–water partition coefficient (Wildman–Crippen LogP) is 2.35. The third-order valence-electron chi connectivity index (χ3n) is 3.97. The minimum absolute atomic E-state index is 0.130. The molecule has 1 atom stereocenters. The highest BCUT2D eigenvalue weighted by Crippen LogP contribution is 2.19. The van der Waals surface area contributed by atoms with Gasteiger partial charge in [-0.3, -0.25) is 4.90 Å². The Morgan fingerprint density at radius 1 is 1.17 bits per heavy atom. The Bertz CT molecular complexity index is 607. The zero-order valence-electron chi connectivity index (χ0n) is 13.7. The molecular formula is C18H23N3O2S. The summed E-state index contributed by atoms with van der Waals surface area (Å²) < 4.78 is 5.64. The minimum Gasteiger partial charge on any atom is -0.396 e. The molecule has 0 aliphatic carbocycles. The van der Waals surface area contributed by atoms with Gasteiger partial charge in [0.15, 0.2) is 5.16 Å². The van der Waals surface area contributed by atoms with Crippen LogP contribution in [0, 0.1) is 0 Å². The maximum atomic E-state index is 9.04. The van der Waals surface area contributed by atoms with E-state index in [0.29, 0.717) is 6.42 Å². The molecule has 1 fully saturated rings. The molecule has 0 amide bonds. The Hall–Kier alpha value is -1.47. The van der Waals surface area contributed by atoms with Gasteiger partial charge in [-0.05, 0) is 12.0 Å². The van der Waals surface area contributed by atoms with Gasteiger partial charge in [0, 0.05) is 50.0 Å². The van der Waals surface area contributed by atoms with E-state index < -0.39 is 0 Å². The summed E-state index contributed by atoms with van der Waals surface area (Å²) >= 11 is 1.65. The van der Waals surface area contributed by atoms with Crippen LogP contribution >= 0.6 is 11.8 Å². The normalized spacial score (nSPS) is 18.6. The van der Waals surface area contributed by atoms with Gasteiger partial charge in [0.2, 0.25) is 0 Å². The van der Waals surface area contributed by atoms with Crippen LogP contribution in [0.3, 0.4) is 0 Å². The van der Waals surface area contributed by atoms with Crippen molar-refractivity contribution in [3.05, 3.63) is 53.9 Å². The number of thioether (sulfide) groups is 1. The molecule has 1 aromatic heterocycles. The number of aliphatic hydroxyl groups excluding tert-OH is 1. The van der Waals surface area contributed by atoms with Crippen molar-refractivity contribution in [3.63, 3.8) is 0 Å². The Labute approximate surface area is 147 Å². The second kappa shape index (κ2) is 9.13. The first kappa shape index (κ1) is 17.4. The summed E-state index contributed by atoms with van der Waals surface area (Å²) in [6.07, 6.45) is 4.65. The molecule has 0 unspecified atom stereocenters. The van der Waals surface area contributed by atoms with Crippen LogP contribution in [0.4, 0.5) is 0 Å². The van der Waals surface area contributed by atoms with Crippen molar-refractivity contribution >= 4 is 11.8 Å². The van der Waals surface area contributed by atoms with Crippen LogP contribution in [-0.4, -0.2) is 52.4 Å². The molecule has 2 aromatic rings. The summed E-state index contributed by atoms with van der Waals surface area (Å²) in [5.41, 5.74) is 2.39. The quantitative estimate of drug-likeness (QED) is 0.614. The molecule has 0 saturated carbocycles. The molecular weight excluding hydrogens is 322 g/mol. The number of hydrogen-bond donors (Lipinski definition) is 1. The lowest BCUT2D eigenvalue weighted by molar-refractivity contribution is -0.0407. The van der Waals surface area contributed by atoms with Gasteiger partial charge >= 0.3 is 0 Å². The first-order chi connectivity index (χ1) is 11.8. The third kappa shape index (κ3) is 5.27. The van der Waals surface area contributed by atoms with Gasteiger partial charge in [-0.25, -0.2) is 9.97 Å². The van der Waals surface area contributed by atoms with Crippen molar-refractivity contribution in [3.8, 4) is 0 Å². The van der Waals surface area contributed by atoms with Gasteiger partial charge in [-0.2, -0.15) is 0 Å². The molecule has 24 heavy (non-hydrogen) atoms. The Morgan fingerprint density at radius 2 is 1.96 bits per heavy atom. The molecule has 1 saturated heterocycles. The average Bonchev–Trinajstić information content (AvgIpc) is 2.63. The second-order valence-electron chi connectivity index (χ2n) is 5.89. The largest absolute Gasteiger partial charge is 0.396 e. The maximum absolute atomic E-state index is 9.04. The number of nitrogens with zero attached hydrogens (tertiary/aromatic N) is 3. The SMILES string of the molecule is OCC[C@H]1CN(Cc2cnc(SCc3ccccc3)nc2)CCO1. The summed E-state index contributed by atoms with van der Waals surface area (Å²) in [7, 11) is 0. The number of rotatable bonds is 7. The van der Waals surface area contributed by atoms with Crippen LogP contribution in [0.25, 0.3) is 0 Å². The number of ether oxygens (including phenoxy) is 1. The number of morpholine rings is 1. The van der Waals surface area contributed by atoms with Crippen molar-refractivity contribution in [2.45, 2.75) is 30.0 Å². The fraction of sp³-hybridized carbons (Fsp3) is 0.444. The first-order valence-electron chi connectivity index (χ1n) is 8.26. The Balaban J connectivity index is 1.49. The Kier molecular flexibility index (Phi) is 6.60. The van der Waals surface area contributed by atoms with Crippen molar-refractivity contribution in [2.75, 3.05) is 26.3 Å². The fourth-order valence-corrected chi connectivity index (χ4v) is 3.46. The van der Waals surface area contributed by atoms with Gasteiger partial charge in [-0.1, -0.05) is 42.1 Å². The van der Waals surface area contributed by atoms with Crippen molar-refractivity contribution < 1.29 is 9.84 Å². The van der Waals surface area contributed by atoms with Crippen molar-refractivity contribution in [1.82, 2.24) is 14.9 Å². The van der Waals surface area contributed by atoms with Gasteiger partial charge in [0.05, 0.1) is 12.7 Å². The summed E-state index contributed by atoms with van der Waals surface area (Å²) in [5, 5.41) is 9.85. The van der Waals surface area contributed by atoms with Crippen LogP contribution < -0.4 is 0 Å². The molecule has 1 aromatic carbocycles. The van der Waals surface area contributed by atoms with Crippen LogP contribution in [0.15, 0.2) is 47.9 Å². The summed E-state index contributed by atoms with van der Waals surface area (Å²) in [5.74, 6) is 0.881. The molecule has 128 valence electrons. The smallest absolute Gasteiger partial charge is 0.187 e. The van der Waals surface area contributed by atoms with E-state index in [2.05, 4.69) is 27.0 Å². The zero-order chi connectivity index (χ0) is 16.6. The molecule has 6 heteroatoms. The summed E-state index contributed by atoms with van der Waals surface area (Å²) in [6, 6.07) is 10.3.